The van der Waals surface area contributed by atoms with Gasteiger partial charge in [-0.1, -0.05) is 0 Å². The summed E-state index contributed by atoms with van der Waals surface area (Å²) in [5, 5.41) is 5.76. The summed E-state index contributed by atoms with van der Waals surface area (Å²) in [4.78, 5) is 20.1. The lowest BCUT2D eigenvalue weighted by Gasteiger charge is -1.96. The van der Waals surface area contributed by atoms with E-state index in [1.165, 1.54) is 29.9 Å². The van der Waals surface area contributed by atoms with Crippen molar-refractivity contribution in [1.82, 2.24) is 15.4 Å². The van der Waals surface area contributed by atoms with Crippen LogP contribution in [0, 0.1) is 0 Å². The summed E-state index contributed by atoms with van der Waals surface area (Å²) < 4.78 is 0.990. The van der Waals surface area contributed by atoms with E-state index in [-0.39, 0.29) is 11.6 Å². The third kappa shape index (κ3) is 3.43. The van der Waals surface area contributed by atoms with Crippen LogP contribution in [0.15, 0.2) is 39.6 Å². The van der Waals surface area contributed by atoms with Crippen LogP contribution in [-0.4, -0.2) is 22.1 Å². The molecule has 0 saturated carbocycles. The Hall–Kier alpha value is -1.60. The Labute approximate surface area is 110 Å². The molecule has 0 bridgehead atoms. The zero-order chi connectivity index (χ0) is 12.1. The van der Waals surface area contributed by atoms with Gasteiger partial charge in [0.1, 0.15) is 5.69 Å². The monoisotopic (exact) mass is 310 g/mol. The lowest BCUT2D eigenvalue weighted by molar-refractivity contribution is 0.0950. The molecule has 0 fully saturated rings. The van der Waals surface area contributed by atoms with Gasteiger partial charge >= 0.3 is 0 Å². The molecule has 1 N–H and O–H groups in total. The molecule has 0 saturated heterocycles. The predicted molar refractivity (Wildman–Crippen MR) is 69.1 cm³/mol. The van der Waals surface area contributed by atoms with Crippen molar-refractivity contribution >= 4 is 39.4 Å². The van der Waals surface area contributed by atoms with E-state index in [9.17, 15) is 4.79 Å². The summed E-state index contributed by atoms with van der Waals surface area (Å²) in [6, 6.07) is 1.91. The van der Waals surface area contributed by atoms with Crippen molar-refractivity contribution in [3.63, 3.8) is 0 Å². The van der Waals surface area contributed by atoms with Gasteiger partial charge in [0.15, 0.2) is 0 Å². The largest absolute Gasteiger partial charge is 0.291 e. The molecule has 0 aliphatic heterocycles. The Kier molecular flexibility index (Phi) is 3.94. The van der Waals surface area contributed by atoms with Crippen LogP contribution in [-0.2, 0) is 0 Å². The number of halogens is 1. The first-order valence-corrected chi connectivity index (χ1v) is 6.26. The zero-order valence-electron chi connectivity index (χ0n) is 8.50. The number of nitrogens with zero attached hydrogens (tertiary/aromatic N) is 3. The van der Waals surface area contributed by atoms with E-state index in [0.29, 0.717) is 0 Å². The van der Waals surface area contributed by atoms with Crippen molar-refractivity contribution in [2.75, 3.05) is 0 Å². The highest BCUT2D eigenvalue weighted by Gasteiger charge is 2.04. The normalized spacial score (nSPS) is 10.6. The molecule has 0 unspecified atom stereocenters. The fourth-order valence-electron chi connectivity index (χ4n) is 1.02. The van der Waals surface area contributed by atoms with Crippen LogP contribution in [0.4, 0.5) is 0 Å². The van der Waals surface area contributed by atoms with Gasteiger partial charge in [0.25, 0.3) is 5.91 Å². The molecule has 5 nitrogen and oxygen atoms in total. The molecule has 1 amide bonds. The minimum atomic E-state index is -0.384. The van der Waals surface area contributed by atoms with Crippen LogP contribution < -0.4 is 5.43 Å². The highest BCUT2D eigenvalue weighted by atomic mass is 79.9. The lowest BCUT2D eigenvalue weighted by Crippen LogP contribution is -2.18. The molecule has 0 radical (unpaired) electrons. The van der Waals surface area contributed by atoms with Crippen molar-refractivity contribution in [3.05, 3.63) is 45.1 Å². The van der Waals surface area contributed by atoms with Crippen LogP contribution in [0.1, 0.15) is 15.4 Å². The number of hydrazone groups is 1. The molecule has 17 heavy (non-hydrogen) atoms. The van der Waals surface area contributed by atoms with Crippen molar-refractivity contribution in [2.24, 2.45) is 5.10 Å². The third-order valence-corrected chi connectivity index (χ3v) is 3.37. The third-order valence-electron chi connectivity index (χ3n) is 1.74. The molecule has 0 spiro atoms. The van der Waals surface area contributed by atoms with Gasteiger partial charge in [-0.25, -0.2) is 10.4 Å². The second-order valence-electron chi connectivity index (χ2n) is 2.96. The molecule has 0 aliphatic rings. The zero-order valence-corrected chi connectivity index (χ0v) is 10.9. The number of rotatable bonds is 3. The number of hydrogen-bond donors (Lipinski definition) is 1. The molecule has 7 heteroatoms. The van der Waals surface area contributed by atoms with Crippen LogP contribution >= 0.6 is 27.3 Å². The van der Waals surface area contributed by atoms with Gasteiger partial charge in [0.2, 0.25) is 0 Å². The Bertz CT molecular complexity index is 540. The second-order valence-corrected chi connectivity index (χ2v) is 4.82. The molecule has 2 heterocycles. The Morgan fingerprint density at radius 3 is 3.06 bits per heavy atom. The molecule has 2 aromatic heterocycles. The lowest BCUT2D eigenvalue weighted by atomic mass is 10.4. The van der Waals surface area contributed by atoms with Crippen LogP contribution in [0.2, 0.25) is 0 Å². The standard InChI is InChI=1S/C10H7BrN4OS/c11-7-3-8(17-6-7)4-14-15-10(16)9-5-12-1-2-13-9/h1-6H,(H,15,16). The molecular weight excluding hydrogens is 304 g/mol. The maximum Gasteiger partial charge on any atom is 0.291 e. The van der Waals surface area contributed by atoms with Gasteiger partial charge in [0, 0.05) is 27.1 Å². The fourth-order valence-corrected chi connectivity index (χ4v) is 2.33. The van der Waals surface area contributed by atoms with Gasteiger partial charge < -0.3 is 0 Å². The second kappa shape index (κ2) is 5.65. The quantitative estimate of drug-likeness (QED) is 0.697. The van der Waals surface area contributed by atoms with Crippen molar-refractivity contribution in [2.45, 2.75) is 0 Å². The van der Waals surface area contributed by atoms with E-state index in [4.69, 9.17) is 0 Å². The highest BCUT2D eigenvalue weighted by Crippen LogP contribution is 2.17. The van der Waals surface area contributed by atoms with E-state index in [2.05, 4.69) is 36.4 Å². The maximum atomic E-state index is 11.5. The van der Waals surface area contributed by atoms with Crippen molar-refractivity contribution < 1.29 is 4.79 Å². The van der Waals surface area contributed by atoms with Crippen LogP contribution in [0.3, 0.4) is 0 Å². The number of nitrogens with one attached hydrogen (secondary N) is 1. The summed E-state index contributed by atoms with van der Waals surface area (Å²) in [6.45, 7) is 0. The Morgan fingerprint density at radius 2 is 2.41 bits per heavy atom. The van der Waals surface area contributed by atoms with E-state index in [1.54, 1.807) is 6.21 Å². The number of carbonyl (C=O) groups is 1. The molecule has 86 valence electrons. The van der Waals surface area contributed by atoms with Crippen molar-refractivity contribution in [3.8, 4) is 0 Å². The van der Waals surface area contributed by atoms with E-state index < -0.39 is 0 Å². The number of carbonyl (C=O) groups excluding carboxylic acids is 1. The summed E-state index contributed by atoms with van der Waals surface area (Å²) >= 11 is 4.85. The maximum absolute atomic E-state index is 11.5. The summed E-state index contributed by atoms with van der Waals surface area (Å²) in [6.07, 6.45) is 5.91. The smallest absolute Gasteiger partial charge is 0.265 e. The minimum absolute atomic E-state index is 0.233. The van der Waals surface area contributed by atoms with Gasteiger partial charge in [-0.2, -0.15) is 5.10 Å². The molecule has 0 aromatic carbocycles. The van der Waals surface area contributed by atoms with E-state index in [1.807, 2.05) is 11.4 Å². The molecular formula is C10H7BrN4OS. The molecule has 2 aromatic rings. The number of amides is 1. The van der Waals surface area contributed by atoms with E-state index >= 15 is 0 Å². The van der Waals surface area contributed by atoms with Crippen LogP contribution in [0.5, 0.6) is 0 Å². The van der Waals surface area contributed by atoms with Gasteiger partial charge in [-0.15, -0.1) is 11.3 Å². The SMILES string of the molecule is O=C(NN=Cc1cc(Br)cs1)c1cnccn1. The molecule has 0 aliphatic carbocycles. The number of thiophene rings is 1. The van der Waals surface area contributed by atoms with Crippen LogP contribution in [0.25, 0.3) is 0 Å². The minimum Gasteiger partial charge on any atom is -0.265 e. The summed E-state index contributed by atoms with van der Waals surface area (Å²) in [5.41, 5.74) is 2.61. The average Bonchev–Trinajstić information content (AvgIpc) is 2.76. The fraction of sp³-hybridized carbons (Fsp3) is 0. The van der Waals surface area contributed by atoms with Crippen molar-refractivity contribution in [1.29, 1.82) is 0 Å². The summed E-state index contributed by atoms with van der Waals surface area (Å²) in [7, 11) is 0. The highest BCUT2D eigenvalue weighted by molar-refractivity contribution is 9.10. The molecule has 0 atom stereocenters. The number of aromatic nitrogens is 2. The first kappa shape index (κ1) is 11.9. The average molecular weight is 311 g/mol. The molecule has 2 rings (SSSR count). The topological polar surface area (TPSA) is 67.2 Å². The van der Waals surface area contributed by atoms with Gasteiger partial charge in [-0.3, -0.25) is 9.78 Å². The predicted octanol–water partition coefficient (Wildman–Crippen LogP) is 2.06. The first-order chi connectivity index (χ1) is 8.25. The van der Waals surface area contributed by atoms with Gasteiger partial charge in [0.05, 0.1) is 12.4 Å². The number of hydrogen-bond acceptors (Lipinski definition) is 5. The Morgan fingerprint density at radius 1 is 1.53 bits per heavy atom. The Balaban J connectivity index is 1.95. The summed E-state index contributed by atoms with van der Waals surface area (Å²) in [5.74, 6) is -0.384. The van der Waals surface area contributed by atoms with Gasteiger partial charge in [-0.05, 0) is 22.0 Å². The first-order valence-electron chi connectivity index (χ1n) is 4.59. The van der Waals surface area contributed by atoms with E-state index in [0.717, 1.165) is 9.35 Å².